The van der Waals surface area contributed by atoms with E-state index in [1.165, 1.54) is 13.2 Å². The van der Waals surface area contributed by atoms with E-state index in [9.17, 15) is 19.5 Å². The van der Waals surface area contributed by atoms with Gasteiger partial charge in [-0.3, -0.25) is 10.1 Å². The predicted octanol–water partition coefficient (Wildman–Crippen LogP) is 4.47. The van der Waals surface area contributed by atoms with Crippen molar-refractivity contribution in [3.05, 3.63) is 59.4 Å². The van der Waals surface area contributed by atoms with Crippen molar-refractivity contribution >= 4 is 23.6 Å². The summed E-state index contributed by atoms with van der Waals surface area (Å²) in [6, 6.07) is 7.64. The van der Waals surface area contributed by atoms with Gasteiger partial charge in [-0.1, -0.05) is 26.8 Å². The fraction of sp³-hybridized carbons (Fsp3) is 0.292. The number of hydrogen-bond donors (Lipinski definition) is 3. The van der Waals surface area contributed by atoms with Crippen molar-refractivity contribution in [1.29, 1.82) is 0 Å². The minimum Gasteiger partial charge on any atom is -0.504 e. The second-order valence-electron chi connectivity index (χ2n) is 8.17. The third-order valence-electron chi connectivity index (χ3n) is 4.71. The van der Waals surface area contributed by atoms with Crippen LogP contribution in [0.1, 0.15) is 42.3 Å². The van der Waals surface area contributed by atoms with Crippen LogP contribution in [0.15, 0.2) is 42.7 Å². The third-order valence-corrected chi connectivity index (χ3v) is 4.71. The summed E-state index contributed by atoms with van der Waals surface area (Å²) in [5, 5.41) is 14.1. The number of aryl methyl sites for hydroxylation is 1. The first-order valence-electron chi connectivity index (χ1n) is 9.86. The second kappa shape index (κ2) is 10.00. The van der Waals surface area contributed by atoms with Crippen LogP contribution in [-0.4, -0.2) is 37.2 Å². The molecular weight excluding hydrogens is 412 g/mol. The van der Waals surface area contributed by atoms with Crippen molar-refractivity contribution in [1.82, 2.24) is 5.32 Å². The lowest BCUT2D eigenvalue weighted by Gasteiger charge is -2.26. The molecule has 0 heterocycles. The zero-order chi connectivity index (χ0) is 24.1. The number of methoxy groups -OCH3 is 2. The Morgan fingerprint density at radius 3 is 2.25 bits per heavy atom. The number of rotatable bonds is 6. The maximum absolute atomic E-state index is 12.3. The van der Waals surface area contributed by atoms with E-state index < -0.39 is 17.9 Å². The average Bonchev–Trinajstić information content (AvgIpc) is 2.70. The Morgan fingerprint density at radius 2 is 1.72 bits per heavy atom. The minimum absolute atomic E-state index is 0.178. The van der Waals surface area contributed by atoms with Gasteiger partial charge < -0.3 is 19.9 Å². The van der Waals surface area contributed by atoms with Crippen molar-refractivity contribution in [2.75, 3.05) is 19.5 Å². The molecule has 0 aliphatic carbocycles. The Kier molecular flexibility index (Phi) is 7.64. The summed E-state index contributed by atoms with van der Waals surface area (Å²) in [5.74, 6) is -1.02. The SMILES string of the molecule is COC=CC(=O)NC(=O)Nc1cc(-c2ccc(C(=O)O)cc2C)c(OC)c(C(C)(C)C)c1. The lowest BCUT2D eigenvalue weighted by Crippen LogP contribution is -2.33. The fourth-order valence-electron chi connectivity index (χ4n) is 3.22. The number of anilines is 1. The van der Waals surface area contributed by atoms with Crippen molar-refractivity contribution in [3.8, 4) is 16.9 Å². The molecule has 0 spiro atoms. The number of urea groups is 1. The molecule has 2 aromatic carbocycles. The maximum Gasteiger partial charge on any atom is 0.335 e. The van der Waals surface area contributed by atoms with Gasteiger partial charge in [0.25, 0.3) is 5.91 Å². The molecular formula is C24H28N2O6. The Morgan fingerprint density at radius 1 is 1.03 bits per heavy atom. The molecule has 2 aromatic rings. The van der Waals surface area contributed by atoms with Crippen LogP contribution in [-0.2, 0) is 14.9 Å². The van der Waals surface area contributed by atoms with Gasteiger partial charge in [-0.05, 0) is 47.7 Å². The number of amides is 3. The normalized spacial score (nSPS) is 11.2. The van der Waals surface area contributed by atoms with Gasteiger partial charge in [-0.25, -0.2) is 9.59 Å². The van der Waals surface area contributed by atoms with E-state index in [1.807, 2.05) is 27.7 Å². The van der Waals surface area contributed by atoms with E-state index in [2.05, 4.69) is 15.4 Å². The molecule has 8 nitrogen and oxygen atoms in total. The summed E-state index contributed by atoms with van der Waals surface area (Å²) in [6.07, 6.45) is 2.25. The van der Waals surface area contributed by atoms with Gasteiger partial charge >= 0.3 is 12.0 Å². The molecule has 0 saturated carbocycles. The van der Waals surface area contributed by atoms with Crippen molar-refractivity contribution in [2.24, 2.45) is 0 Å². The molecule has 0 aliphatic heterocycles. The highest BCUT2D eigenvalue weighted by atomic mass is 16.5. The minimum atomic E-state index is -1.01. The standard InChI is InChI=1S/C24H28N2O6/c1-14-11-15(22(28)29)7-8-17(14)18-12-16(13-19(21(18)32-6)24(2,3)4)25-23(30)26-20(27)9-10-31-5/h7-13H,1-6H3,(H,28,29)(H2,25,26,27,30). The quantitative estimate of drug-likeness (QED) is 0.451. The number of imide groups is 1. The summed E-state index contributed by atoms with van der Waals surface area (Å²) in [5.41, 5.74) is 3.33. The lowest BCUT2D eigenvalue weighted by molar-refractivity contribution is -0.115. The first-order chi connectivity index (χ1) is 15.0. The monoisotopic (exact) mass is 440 g/mol. The Bertz CT molecular complexity index is 1070. The number of aromatic carboxylic acids is 1. The molecule has 0 unspecified atom stereocenters. The molecule has 0 saturated heterocycles. The van der Waals surface area contributed by atoms with Crippen LogP contribution < -0.4 is 15.4 Å². The Labute approximate surface area is 187 Å². The van der Waals surface area contributed by atoms with Crippen molar-refractivity contribution in [3.63, 3.8) is 0 Å². The molecule has 0 aromatic heterocycles. The number of ether oxygens (including phenoxy) is 2. The van der Waals surface area contributed by atoms with Gasteiger partial charge in [0.2, 0.25) is 0 Å². The van der Waals surface area contributed by atoms with E-state index in [0.29, 0.717) is 17.0 Å². The summed E-state index contributed by atoms with van der Waals surface area (Å²) in [6.45, 7) is 7.85. The fourth-order valence-corrected chi connectivity index (χ4v) is 3.22. The Hall–Kier alpha value is -3.81. The molecule has 170 valence electrons. The molecule has 0 radical (unpaired) electrons. The molecule has 2 rings (SSSR count). The van der Waals surface area contributed by atoms with Crippen LogP contribution >= 0.6 is 0 Å². The molecule has 0 atom stereocenters. The molecule has 3 amide bonds. The number of carboxylic acids is 1. The van der Waals surface area contributed by atoms with Crippen LogP contribution in [0, 0.1) is 6.92 Å². The largest absolute Gasteiger partial charge is 0.504 e. The number of nitrogens with one attached hydrogen (secondary N) is 2. The predicted molar refractivity (Wildman–Crippen MR) is 122 cm³/mol. The number of carboxylic acid groups (broad SMARTS) is 1. The molecule has 3 N–H and O–H groups in total. The van der Waals surface area contributed by atoms with Crippen LogP contribution in [0.2, 0.25) is 0 Å². The second-order valence-corrected chi connectivity index (χ2v) is 8.17. The molecule has 32 heavy (non-hydrogen) atoms. The Balaban J connectivity index is 2.57. The molecule has 8 heteroatoms. The highest BCUT2D eigenvalue weighted by Gasteiger charge is 2.24. The molecule has 0 fully saturated rings. The summed E-state index contributed by atoms with van der Waals surface area (Å²) in [7, 11) is 2.96. The van der Waals surface area contributed by atoms with Gasteiger partial charge in [0.15, 0.2) is 0 Å². The number of carbonyl (C=O) groups excluding carboxylic acids is 2. The van der Waals surface area contributed by atoms with Crippen molar-refractivity contribution in [2.45, 2.75) is 33.1 Å². The van der Waals surface area contributed by atoms with Gasteiger partial charge in [0, 0.05) is 22.9 Å². The third kappa shape index (κ3) is 5.87. The smallest absolute Gasteiger partial charge is 0.335 e. The lowest BCUT2D eigenvalue weighted by atomic mass is 9.83. The van der Waals surface area contributed by atoms with Gasteiger partial charge in [-0.2, -0.15) is 0 Å². The zero-order valence-corrected chi connectivity index (χ0v) is 19.0. The van der Waals surface area contributed by atoms with E-state index in [0.717, 1.165) is 29.0 Å². The van der Waals surface area contributed by atoms with E-state index in [-0.39, 0.29) is 11.0 Å². The summed E-state index contributed by atoms with van der Waals surface area (Å²) >= 11 is 0. The van der Waals surface area contributed by atoms with E-state index in [1.54, 1.807) is 31.4 Å². The summed E-state index contributed by atoms with van der Waals surface area (Å²) < 4.78 is 10.4. The summed E-state index contributed by atoms with van der Waals surface area (Å²) in [4.78, 5) is 35.4. The highest BCUT2D eigenvalue weighted by Crippen LogP contribution is 2.42. The van der Waals surface area contributed by atoms with Crippen LogP contribution in [0.3, 0.4) is 0 Å². The van der Waals surface area contributed by atoms with Crippen LogP contribution in [0.25, 0.3) is 11.1 Å². The van der Waals surface area contributed by atoms with Gasteiger partial charge in [0.05, 0.1) is 26.0 Å². The average molecular weight is 440 g/mol. The topological polar surface area (TPSA) is 114 Å². The van der Waals surface area contributed by atoms with Gasteiger partial charge in [0.1, 0.15) is 5.75 Å². The van der Waals surface area contributed by atoms with E-state index in [4.69, 9.17) is 4.74 Å². The number of hydrogen-bond acceptors (Lipinski definition) is 5. The number of carbonyl (C=O) groups is 3. The zero-order valence-electron chi connectivity index (χ0n) is 19.0. The molecule has 0 bridgehead atoms. The highest BCUT2D eigenvalue weighted by molar-refractivity contribution is 6.05. The van der Waals surface area contributed by atoms with Crippen LogP contribution in [0.4, 0.5) is 10.5 Å². The van der Waals surface area contributed by atoms with E-state index >= 15 is 0 Å². The number of benzene rings is 2. The van der Waals surface area contributed by atoms with Crippen molar-refractivity contribution < 1.29 is 29.0 Å². The first-order valence-corrected chi connectivity index (χ1v) is 9.86. The molecule has 0 aliphatic rings. The van der Waals surface area contributed by atoms with Crippen LogP contribution in [0.5, 0.6) is 5.75 Å². The van der Waals surface area contributed by atoms with Gasteiger partial charge in [-0.15, -0.1) is 0 Å². The first kappa shape index (κ1) is 24.5. The maximum atomic E-state index is 12.3.